The van der Waals surface area contributed by atoms with Crippen molar-refractivity contribution in [3.05, 3.63) is 29.0 Å². The molecule has 1 N–H and O–H groups in total. The van der Waals surface area contributed by atoms with Gasteiger partial charge < -0.3 is 10.2 Å². The number of anilines is 1. The topological polar surface area (TPSA) is 53.4 Å². The molecule has 1 aromatic heterocycles. The van der Waals surface area contributed by atoms with E-state index in [1.165, 1.54) is 0 Å². The number of halogens is 1. The first-order chi connectivity index (χ1) is 9.81. The molecule has 0 unspecified atom stereocenters. The number of hydrogen-bond acceptors (Lipinski definition) is 5. The van der Waals surface area contributed by atoms with Gasteiger partial charge in [0.05, 0.1) is 22.2 Å². The number of rotatable bonds is 3. The summed E-state index contributed by atoms with van der Waals surface area (Å²) in [7, 11) is 0. The van der Waals surface area contributed by atoms with E-state index in [4.69, 9.17) is 0 Å². The number of guanidine groups is 1. The first-order valence-electron chi connectivity index (χ1n) is 6.76. The van der Waals surface area contributed by atoms with E-state index in [-0.39, 0.29) is 0 Å². The zero-order chi connectivity index (χ0) is 13.9. The van der Waals surface area contributed by atoms with Gasteiger partial charge in [-0.05, 0) is 34.5 Å². The third-order valence-corrected chi connectivity index (χ3v) is 3.99. The molecule has 0 bridgehead atoms. The van der Waals surface area contributed by atoms with Crippen LogP contribution in [0.1, 0.15) is 13.3 Å². The minimum atomic E-state index is 0.834. The number of fused-ring (bicyclic) bond motifs is 1. The Kier molecular flexibility index (Phi) is 3.82. The predicted octanol–water partition coefficient (Wildman–Crippen LogP) is 2.57. The maximum absolute atomic E-state index is 4.53. The van der Waals surface area contributed by atoms with E-state index in [1.54, 1.807) is 12.4 Å². The largest absolute Gasteiger partial charge is 0.354 e. The average molecular weight is 334 g/mol. The lowest BCUT2D eigenvalue weighted by molar-refractivity contribution is 0.875. The van der Waals surface area contributed by atoms with Crippen molar-refractivity contribution < 1.29 is 0 Å². The van der Waals surface area contributed by atoms with Crippen LogP contribution in [-0.2, 0) is 0 Å². The Morgan fingerprint density at radius 3 is 2.90 bits per heavy atom. The Balaban J connectivity index is 2.08. The number of aliphatic imine (C=N–C) groups is 1. The van der Waals surface area contributed by atoms with E-state index in [1.807, 2.05) is 6.07 Å². The van der Waals surface area contributed by atoms with Crippen molar-refractivity contribution in [1.82, 2.24) is 15.3 Å². The van der Waals surface area contributed by atoms with Gasteiger partial charge in [0.25, 0.3) is 0 Å². The van der Waals surface area contributed by atoms with E-state index in [9.17, 15) is 0 Å². The maximum atomic E-state index is 4.53. The monoisotopic (exact) mass is 333 g/mol. The van der Waals surface area contributed by atoms with E-state index in [0.29, 0.717) is 0 Å². The highest BCUT2D eigenvalue weighted by molar-refractivity contribution is 9.10. The third-order valence-electron chi connectivity index (χ3n) is 3.21. The molecular weight excluding hydrogens is 318 g/mol. The molecule has 0 saturated carbocycles. The Morgan fingerprint density at radius 2 is 2.15 bits per heavy atom. The summed E-state index contributed by atoms with van der Waals surface area (Å²) >= 11 is 3.67. The lowest BCUT2D eigenvalue weighted by atomic mass is 10.2. The molecule has 0 fully saturated rings. The normalized spacial score (nSPS) is 14.2. The van der Waals surface area contributed by atoms with Gasteiger partial charge in [0.1, 0.15) is 5.52 Å². The Morgan fingerprint density at radius 1 is 1.30 bits per heavy atom. The minimum absolute atomic E-state index is 0.834. The molecule has 0 saturated heterocycles. The standard InChI is InChI=1S/C14H16BrN5/c1-2-9-20(14-18-7-8-19-14)11-4-3-10-13(12(11)15)17-6-5-16-10/h3-6H,2,7-9H2,1H3,(H,18,19). The summed E-state index contributed by atoms with van der Waals surface area (Å²) in [4.78, 5) is 15.5. The van der Waals surface area contributed by atoms with Gasteiger partial charge in [0, 0.05) is 25.5 Å². The summed E-state index contributed by atoms with van der Waals surface area (Å²) in [6.07, 6.45) is 4.47. The van der Waals surface area contributed by atoms with Gasteiger partial charge in [0.2, 0.25) is 0 Å². The molecule has 2 aromatic rings. The van der Waals surface area contributed by atoms with Gasteiger partial charge in [-0.1, -0.05) is 6.92 Å². The number of nitrogens with one attached hydrogen (secondary N) is 1. The molecule has 0 atom stereocenters. The first-order valence-corrected chi connectivity index (χ1v) is 7.55. The van der Waals surface area contributed by atoms with Crippen molar-refractivity contribution in [2.24, 2.45) is 4.99 Å². The maximum Gasteiger partial charge on any atom is 0.198 e. The molecule has 0 aliphatic carbocycles. The van der Waals surface area contributed by atoms with Gasteiger partial charge in [-0.3, -0.25) is 15.0 Å². The second-order valence-electron chi connectivity index (χ2n) is 4.61. The van der Waals surface area contributed by atoms with Crippen molar-refractivity contribution in [1.29, 1.82) is 0 Å². The number of hydrogen-bond donors (Lipinski definition) is 1. The lowest BCUT2D eigenvalue weighted by Crippen LogP contribution is -2.39. The average Bonchev–Trinajstić information content (AvgIpc) is 3.00. The van der Waals surface area contributed by atoms with E-state index >= 15 is 0 Å². The van der Waals surface area contributed by atoms with Crippen LogP contribution in [0, 0.1) is 0 Å². The van der Waals surface area contributed by atoms with Crippen LogP contribution in [0.15, 0.2) is 34.0 Å². The van der Waals surface area contributed by atoms with Crippen LogP contribution in [-0.4, -0.2) is 35.6 Å². The smallest absolute Gasteiger partial charge is 0.198 e. The number of benzene rings is 1. The summed E-state index contributed by atoms with van der Waals surface area (Å²) in [5.74, 6) is 0.941. The highest BCUT2D eigenvalue weighted by atomic mass is 79.9. The van der Waals surface area contributed by atoms with E-state index < -0.39 is 0 Å². The van der Waals surface area contributed by atoms with Crippen molar-refractivity contribution in [2.45, 2.75) is 13.3 Å². The molecule has 20 heavy (non-hydrogen) atoms. The first kappa shape index (κ1) is 13.3. The highest BCUT2D eigenvalue weighted by Gasteiger charge is 2.19. The Hall–Kier alpha value is -1.69. The molecule has 1 aliphatic heterocycles. The SMILES string of the molecule is CCCN(C1=NCCN1)c1ccc2nccnc2c1Br. The van der Waals surface area contributed by atoms with Crippen LogP contribution in [0.5, 0.6) is 0 Å². The molecule has 1 aromatic carbocycles. The molecule has 1 aliphatic rings. The summed E-state index contributed by atoms with van der Waals surface area (Å²) in [5, 5.41) is 3.33. The second kappa shape index (κ2) is 5.75. The van der Waals surface area contributed by atoms with Crippen molar-refractivity contribution in [3.63, 3.8) is 0 Å². The van der Waals surface area contributed by atoms with Crippen LogP contribution in [0.2, 0.25) is 0 Å². The van der Waals surface area contributed by atoms with Crippen LogP contribution in [0.3, 0.4) is 0 Å². The molecule has 2 heterocycles. The minimum Gasteiger partial charge on any atom is -0.354 e. The van der Waals surface area contributed by atoms with Gasteiger partial charge >= 0.3 is 0 Å². The van der Waals surface area contributed by atoms with E-state index in [0.717, 1.165) is 53.2 Å². The van der Waals surface area contributed by atoms with Crippen molar-refractivity contribution >= 4 is 38.6 Å². The molecule has 104 valence electrons. The summed E-state index contributed by atoms with van der Waals surface area (Å²) < 4.78 is 0.966. The molecule has 5 nitrogen and oxygen atoms in total. The zero-order valence-electron chi connectivity index (χ0n) is 11.3. The summed E-state index contributed by atoms with van der Waals surface area (Å²) in [5.41, 5.74) is 2.85. The second-order valence-corrected chi connectivity index (χ2v) is 5.40. The lowest BCUT2D eigenvalue weighted by Gasteiger charge is -2.25. The quantitative estimate of drug-likeness (QED) is 0.937. The van der Waals surface area contributed by atoms with Crippen LogP contribution in [0.4, 0.5) is 5.69 Å². The fourth-order valence-corrected chi connectivity index (χ4v) is 2.98. The number of aromatic nitrogens is 2. The Labute approximate surface area is 126 Å². The summed E-state index contributed by atoms with van der Waals surface area (Å²) in [6.45, 7) is 4.81. The fourth-order valence-electron chi connectivity index (χ4n) is 2.33. The van der Waals surface area contributed by atoms with Crippen LogP contribution in [0.25, 0.3) is 11.0 Å². The number of nitrogens with zero attached hydrogens (tertiary/aromatic N) is 4. The molecule has 0 radical (unpaired) electrons. The predicted molar refractivity (Wildman–Crippen MR) is 85.2 cm³/mol. The highest BCUT2D eigenvalue weighted by Crippen LogP contribution is 2.32. The van der Waals surface area contributed by atoms with Gasteiger partial charge in [-0.25, -0.2) is 0 Å². The third kappa shape index (κ3) is 2.35. The molecule has 3 rings (SSSR count). The molecular formula is C14H16BrN5. The van der Waals surface area contributed by atoms with Crippen LogP contribution >= 0.6 is 15.9 Å². The molecule has 0 spiro atoms. The molecule has 0 amide bonds. The molecule has 6 heteroatoms. The van der Waals surface area contributed by atoms with Gasteiger partial charge in [-0.2, -0.15) is 0 Å². The Bertz CT molecular complexity index is 655. The van der Waals surface area contributed by atoms with Crippen molar-refractivity contribution in [2.75, 3.05) is 24.5 Å². The van der Waals surface area contributed by atoms with Crippen molar-refractivity contribution in [3.8, 4) is 0 Å². The van der Waals surface area contributed by atoms with Gasteiger partial charge in [0.15, 0.2) is 5.96 Å². The fraction of sp³-hybridized carbons (Fsp3) is 0.357. The zero-order valence-corrected chi connectivity index (χ0v) is 12.9. The van der Waals surface area contributed by atoms with Crippen LogP contribution < -0.4 is 10.2 Å². The van der Waals surface area contributed by atoms with E-state index in [2.05, 4.69) is 54.1 Å². The van der Waals surface area contributed by atoms with Gasteiger partial charge in [-0.15, -0.1) is 0 Å². The summed E-state index contributed by atoms with van der Waals surface area (Å²) in [6, 6.07) is 4.07.